The van der Waals surface area contributed by atoms with E-state index in [1.165, 1.54) is 30.3 Å². The molecule has 0 fully saturated rings. The lowest BCUT2D eigenvalue weighted by atomic mass is 10.2. The smallest absolute Gasteiger partial charge is 0.404 e. The molecule has 7 heteroatoms. The highest BCUT2D eigenvalue weighted by Crippen LogP contribution is 2.33. The van der Waals surface area contributed by atoms with Crippen molar-refractivity contribution >= 4 is 17.1 Å². The van der Waals surface area contributed by atoms with Crippen molar-refractivity contribution in [1.29, 1.82) is 0 Å². The summed E-state index contributed by atoms with van der Waals surface area (Å²) in [5, 5.41) is 2.61. The third-order valence-corrected chi connectivity index (χ3v) is 2.44. The van der Waals surface area contributed by atoms with Gasteiger partial charge in [0.1, 0.15) is 5.82 Å². The number of para-hydroxylation sites is 3. The number of hydrogen-bond acceptors (Lipinski definition) is 3. The lowest BCUT2D eigenvalue weighted by Gasteiger charge is -2.15. The van der Waals surface area contributed by atoms with E-state index in [4.69, 9.17) is 5.73 Å². The molecular weight excluding hydrogens is 276 g/mol. The Balaban J connectivity index is 2.32. The van der Waals surface area contributed by atoms with Gasteiger partial charge < -0.3 is 15.8 Å². The first-order valence-corrected chi connectivity index (χ1v) is 5.52. The largest absolute Gasteiger partial charge is 0.573 e. The van der Waals surface area contributed by atoms with Crippen LogP contribution in [0, 0.1) is 5.82 Å². The van der Waals surface area contributed by atoms with E-state index in [1.54, 1.807) is 0 Å². The minimum absolute atomic E-state index is 0.0297. The number of nitrogen functional groups attached to an aromatic ring is 1. The molecule has 0 aliphatic heterocycles. The van der Waals surface area contributed by atoms with E-state index in [9.17, 15) is 17.6 Å². The molecule has 2 aromatic rings. The van der Waals surface area contributed by atoms with Crippen LogP contribution in [0.15, 0.2) is 42.5 Å². The molecule has 0 aliphatic rings. The third kappa shape index (κ3) is 3.31. The van der Waals surface area contributed by atoms with Crippen molar-refractivity contribution in [3.63, 3.8) is 0 Å². The molecule has 0 spiro atoms. The molecule has 20 heavy (non-hydrogen) atoms. The monoisotopic (exact) mass is 286 g/mol. The van der Waals surface area contributed by atoms with Crippen molar-refractivity contribution in [1.82, 2.24) is 0 Å². The molecule has 0 amide bonds. The van der Waals surface area contributed by atoms with E-state index in [-0.39, 0.29) is 17.1 Å². The summed E-state index contributed by atoms with van der Waals surface area (Å²) in [5.41, 5.74) is 5.51. The van der Waals surface area contributed by atoms with Crippen molar-refractivity contribution in [2.45, 2.75) is 6.36 Å². The quantitative estimate of drug-likeness (QED) is 0.661. The standard InChI is InChI=1S/C13H10F4N2O/c14-8-4-3-6-10(12(8)18)19-9-5-1-2-7-11(9)20-13(15,16)17/h1-7,19H,18H2. The summed E-state index contributed by atoms with van der Waals surface area (Å²) in [5.74, 6) is -1.09. The second-order valence-corrected chi connectivity index (χ2v) is 3.87. The van der Waals surface area contributed by atoms with Gasteiger partial charge in [-0.15, -0.1) is 13.2 Å². The first-order valence-electron chi connectivity index (χ1n) is 5.52. The van der Waals surface area contributed by atoms with E-state index in [0.29, 0.717) is 0 Å². The minimum Gasteiger partial charge on any atom is -0.404 e. The molecule has 2 rings (SSSR count). The number of rotatable bonds is 3. The predicted octanol–water partition coefficient (Wildman–Crippen LogP) is 4.05. The fraction of sp³-hybridized carbons (Fsp3) is 0.0769. The number of anilines is 3. The molecule has 0 unspecified atom stereocenters. The van der Waals surface area contributed by atoms with Crippen LogP contribution >= 0.6 is 0 Å². The minimum atomic E-state index is -4.81. The lowest BCUT2D eigenvalue weighted by molar-refractivity contribution is -0.274. The van der Waals surface area contributed by atoms with Crippen molar-refractivity contribution in [3.05, 3.63) is 48.3 Å². The van der Waals surface area contributed by atoms with Crippen molar-refractivity contribution in [2.24, 2.45) is 0 Å². The summed E-state index contributed by atoms with van der Waals surface area (Å²) in [7, 11) is 0. The summed E-state index contributed by atoms with van der Waals surface area (Å²) in [6, 6.07) is 9.40. The Kier molecular flexibility index (Phi) is 3.69. The van der Waals surface area contributed by atoms with Crippen LogP contribution in [0.1, 0.15) is 0 Å². The molecule has 0 heterocycles. The Morgan fingerprint density at radius 3 is 2.30 bits per heavy atom. The number of nitrogens with one attached hydrogen (secondary N) is 1. The zero-order chi connectivity index (χ0) is 14.8. The van der Waals surface area contributed by atoms with Crippen LogP contribution in [-0.2, 0) is 0 Å². The maximum Gasteiger partial charge on any atom is 0.573 e. The van der Waals surface area contributed by atoms with Gasteiger partial charge in [0.25, 0.3) is 0 Å². The number of nitrogens with two attached hydrogens (primary N) is 1. The fourth-order valence-electron chi connectivity index (χ4n) is 1.57. The van der Waals surface area contributed by atoms with Gasteiger partial charge in [0, 0.05) is 0 Å². The molecule has 0 aliphatic carbocycles. The van der Waals surface area contributed by atoms with Crippen LogP contribution in [0.2, 0.25) is 0 Å². The van der Waals surface area contributed by atoms with E-state index >= 15 is 0 Å². The Morgan fingerprint density at radius 1 is 0.950 bits per heavy atom. The van der Waals surface area contributed by atoms with Gasteiger partial charge in [-0.3, -0.25) is 0 Å². The molecule has 3 N–H and O–H groups in total. The molecule has 2 aromatic carbocycles. The summed E-state index contributed by atoms with van der Waals surface area (Å²) >= 11 is 0. The lowest BCUT2D eigenvalue weighted by Crippen LogP contribution is -2.17. The molecule has 0 atom stereocenters. The van der Waals surface area contributed by atoms with Crippen LogP contribution in [0.3, 0.4) is 0 Å². The van der Waals surface area contributed by atoms with Gasteiger partial charge in [-0.2, -0.15) is 0 Å². The van der Waals surface area contributed by atoms with Gasteiger partial charge in [-0.05, 0) is 24.3 Å². The maximum absolute atomic E-state index is 13.3. The summed E-state index contributed by atoms with van der Waals surface area (Å²) in [6.07, 6.45) is -4.81. The van der Waals surface area contributed by atoms with E-state index < -0.39 is 17.9 Å². The van der Waals surface area contributed by atoms with Gasteiger partial charge in [0.05, 0.1) is 17.1 Å². The third-order valence-electron chi connectivity index (χ3n) is 2.44. The van der Waals surface area contributed by atoms with Crippen LogP contribution in [0.25, 0.3) is 0 Å². The number of ether oxygens (including phenoxy) is 1. The van der Waals surface area contributed by atoms with Gasteiger partial charge in [-0.25, -0.2) is 4.39 Å². The number of benzene rings is 2. The van der Waals surface area contributed by atoms with Gasteiger partial charge in [-0.1, -0.05) is 18.2 Å². The van der Waals surface area contributed by atoms with Crippen molar-refractivity contribution in [2.75, 3.05) is 11.1 Å². The van der Waals surface area contributed by atoms with Crippen LogP contribution in [0.4, 0.5) is 34.6 Å². The highest BCUT2D eigenvalue weighted by atomic mass is 19.4. The Morgan fingerprint density at radius 2 is 1.60 bits per heavy atom. The first kappa shape index (κ1) is 14.0. The van der Waals surface area contributed by atoms with Crippen LogP contribution < -0.4 is 15.8 Å². The Labute approximate surface area is 112 Å². The van der Waals surface area contributed by atoms with Crippen molar-refractivity contribution in [3.8, 4) is 5.75 Å². The number of alkyl halides is 3. The maximum atomic E-state index is 13.3. The normalized spacial score (nSPS) is 11.2. The van der Waals surface area contributed by atoms with Crippen LogP contribution in [-0.4, -0.2) is 6.36 Å². The predicted molar refractivity (Wildman–Crippen MR) is 67.2 cm³/mol. The summed E-state index contributed by atoms with van der Waals surface area (Å²) in [4.78, 5) is 0. The molecular formula is C13H10F4N2O. The second kappa shape index (κ2) is 5.28. The molecule has 106 valence electrons. The van der Waals surface area contributed by atoms with E-state index in [0.717, 1.165) is 12.1 Å². The zero-order valence-corrected chi connectivity index (χ0v) is 10.0. The highest BCUT2D eigenvalue weighted by molar-refractivity contribution is 5.75. The number of halogens is 4. The zero-order valence-electron chi connectivity index (χ0n) is 10.0. The van der Waals surface area contributed by atoms with E-state index in [1.807, 2.05) is 0 Å². The average Bonchev–Trinajstić information content (AvgIpc) is 2.35. The Bertz CT molecular complexity index is 614. The molecule has 3 nitrogen and oxygen atoms in total. The molecule has 0 radical (unpaired) electrons. The summed E-state index contributed by atoms with van der Waals surface area (Å²) in [6.45, 7) is 0. The SMILES string of the molecule is Nc1c(F)cccc1Nc1ccccc1OC(F)(F)F. The molecule has 0 aromatic heterocycles. The van der Waals surface area contributed by atoms with Crippen molar-refractivity contribution < 1.29 is 22.3 Å². The van der Waals surface area contributed by atoms with Gasteiger partial charge in [0.15, 0.2) is 5.75 Å². The summed E-state index contributed by atoms with van der Waals surface area (Å²) < 4.78 is 54.0. The number of hydrogen-bond donors (Lipinski definition) is 2. The average molecular weight is 286 g/mol. The van der Waals surface area contributed by atoms with Gasteiger partial charge >= 0.3 is 6.36 Å². The Hall–Kier alpha value is -2.44. The molecule has 0 saturated carbocycles. The topological polar surface area (TPSA) is 47.3 Å². The second-order valence-electron chi connectivity index (χ2n) is 3.87. The molecule has 0 saturated heterocycles. The van der Waals surface area contributed by atoms with E-state index in [2.05, 4.69) is 10.1 Å². The fourth-order valence-corrected chi connectivity index (χ4v) is 1.57. The highest BCUT2D eigenvalue weighted by Gasteiger charge is 2.32. The van der Waals surface area contributed by atoms with Crippen LogP contribution in [0.5, 0.6) is 5.75 Å². The van der Waals surface area contributed by atoms with Gasteiger partial charge in [0.2, 0.25) is 0 Å². The molecule has 0 bridgehead atoms. The first-order chi connectivity index (χ1) is 9.37.